The van der Waals surface area contributed by atoms with E-state index in [9.17, 15) is 16.8 Å². The second kappa shape index (κ2) is 8.09. The van der Waals surface area contributed by atoms with Gasteiger partial charge in [-0.25, -0.2) is 8.42 Å². The molecule has 1 fully saturated rings. The van der Waals surface area contributed by atoms with E-state index in [1.54, 1.807) is 19.1 Å². The summed E-state index contributed by atoms with van der Waals surface area (Å²) in [6.45, 7) is 4.02. The van der Waals surface area contributed by atoms with E-state index in [1.807, 2.05) is 6.07 Å². The Hall–Kier alpha value is -1.71. The zero-order valence-corrected chi connectivity index (χ0v) is 19.2. The Bertz CT molecular complexity index is 1160. The van der Waals surface area contributed by atoms with Crippen LogP contribution in [0.15, 0.2) is 28.0 Å². The van der Waals surface area contributed by atoms with E-state index in [0.29, 0.717) is 13.1 Å². The molecular formula is C21H29N3O4S2. The second-order valence-electron chi connectivity index (χ2n) is 8.30. The molecule has 1 aromatic heterocycles. The standard InChI is InChI=1S/C21H29N3O4S2/c1-16-21(30(27,28)23-13-7-3-4-8-14-23)17(2)24(22-16)29(25,26)20-12-11-18-9-5-6-10-19(18)15-20/h11-12,15H,3-10,13-14H2,1-2H3. The molecule has 0 amide bonds. The van der Waals surface area contributed by atoms with Crippen molar-refractivity contribution in [2.75, 3.05) is 13.1 Å². The highest BCUT2D eigenvalue weighted by atomic mass is 32.2. The Kier molecular flexibility index (Phi) is 5.80. The van der Waals surface area contributed by atoms with E-state index in [-0.39, 0.29) is 21.2 Å². The number of fused-ring (bicyclic) bond motifs is 1. The van der Waals surface area contributed by atoms with Crippen LogP contribution in [0.2, 0.25) is 0 Å². The summed E-state index contributed by atoms with van der Waals surface area (Å²) in [7, 11) is -7.78. The van der Waals surface area contributed by atoms with E-state index in [0.717, 1.165) is 61.0 Å². The fraction of sp³-hybridized carbons (Fsp3) is 0.571. The Labute approximate surface area is 179 Å². The Morgan fingerprint density at radius 3 is 2.10 bits per heavy atom. The molecule has 1 aliphatic heterocycles. The van der Waals surface area contributed by atoms with Gasteiger partial charge in [0, 0.05) is 13.1 Å². The summed E-state index contributed by atoms with van der Waals surface area (Å²) in [4.78, 5) is 0.179. The lowest BCUT2D eigenvalue weighted by Crippen LogP contribution is -2.32. The summed E-state index contributed by atoms with van der Waals surface area (Å²) in [5.74, 6) is 0. The first-order valence-corrected chi connectivity index (χ1v) is 13.5. The van der Waals surface area contributed by atoms with Crippen LogP contribution in [0.3, 0.4) is 0 Å². The number of rotatable bonds is 4. The third-order valence-corrected chi connectivity index (χ3v) is 10.0. The van der Waals surface area contributed by atoms with Crippen LogP contribution in [-0.4, -0.2) is 43.4 Å². The van der Waals surface area contributed by atoms with Crippen molar-refractivity contribution in [3.8, 4) is 0 Å². The van der Waals surface area contributed by atoms with Crippen molar-refractivity contribution in [2.24, 2.45) is 0 Å². The number of aryl methyl sites for hydroxylation is 3. The van der Waals surface area contributed by atoms with Crippen LogP contribution >= 0.6 is 0 Å². The molecule has 30 heavy (non-hydrogen) atoms. The highest BCUT2D eigenvalue weighted by molar-refractivity contribution is 7.90. The van der Waals surface area contributed by atoms with Crippen molar-refractivity contribution in [3.63, 3.8) is 0 Å². The molecular weight excluding hydrogens is 422 g/mol. The van der Waals surface area contributed by atoms with E-state index < -0.39 is 20.0 Å². The zero-order valence-electron chi connectivity index (χ0n) is 17.6. The van der Waals surface area contributed by atoms with Crippen molar-refractivity contribution in [1.82, 2.24) is 13.5 Å². The molecule has 0 spiro atoms. The van der Waals surface area contributed by atoms with Gasteiger partial charge in [-0.05, 0) is 75.6 Å². The van der Waals surface area contributed by atoms with Gasteiger partial charge in [0.1, 0.15) is 4.90 Å². The molecule has 4 rings (SSSR count). The molecule has 0 unspecified atom stereocenters. The van der Waals surface area contributed by atoms with Crippen LogP contribution in [0.25, 0.3) is 0 Å². The van der Waals surface area contributed by atoms with Crippen LogP contribution in [0, 0.1) is 13.8 Å². The monoisotopic (exact) mass is 451 g/mol. The molecule has 2 aromatic rings. The fourth-order valence-electron chi connectivity index (χ4n) is 4.59. The smallest absolute Gasteiger partial charge is 0.207 e. The largest absolute Gasteiger partial charge is 0.283 e. The van der Waals surface area contributed by atoms with Gasteiger partial charge in [-0.1, -0.05) is 18.9 Å². The molecule has 9 heteroatoms. The SMILES string of the molecule is Cc1nn(S(=O)(=O)c2ccc3c(c2)CCCC3)c(C)c1S(=O)(=O)N1CCCCCC1. The van der Waals surface area contributed by atoms with Gasteiger partial charge >= 0.3 is 0 Å². The van der Waals surface area contributed by atoms with Crippen molar-refractivity contribution >= 4 is 20.0 Å². The minimum Gasteiger partial charge on any atom is -0.207 e. The molecule has 1 aromatic carbocycles. The maximum Gasteiger partial charge on any atom is 0.283 e. The highest BCUT2D eigenvalue weighted by Gasteiger charge is 2.34. The molecule has 0 saturated carbocycles. The third kappa shape index (κ3) is 3.71. The van der Waals surface area contributed by atoms with Crippen LogP contribution in [0.1, 0.15) is 61.0 Å². The van der Waals surface area contributed by atoms with Gasteiger partial charge in [-0.15, -0.1) is 0 Å². The Morgan fingerprint density at radius 2 is 1.43 bits per heavy atom. The van der Waals surface area contributed by atoms with E-state index in [1.165, 1.54) is 16.8 Å². The molecule has 7 nitrogen and oxygen atoms in total. The molecule has 164 valence electrons. The average molecular weight is 452 g/mol. The van der Waals surface area contributed by atoms with E-state index in [2.05, 4.69) is 5.10 Å². The molecule has 2 aliphatic rings. The molecule has 1 saturated heterocycles. The van der Waals surface area contributed by atoms with Crippen molar-refractivity contribution in [3.05, 3.63) is 40.7 Å². The first kappa shape index (κ1) is 21.5. The first-order valence-electron chi connectivity index (χ1n) is 10.7. The molecule has 2 heterocycles. The molecule has 0 N–H and O–H groups in total. The number of hydrogen-bond acceptors (Lipinski definition) is 5. The maximum atomic E-state index is 13.4. The number of aromatic nitrogens is 2. The summed E-state index contributed by atoms with van der Waals surface area (Å²) >= 11 is 0. The minimum absolute atomic E-state index is 0.0194. The van der Waals surface area contributed by atoms with Crippen molar-refractivity contribution < 1.29 is 16.8 Å². The van der Waals surface area contributed by atoms with Gasteiger partial charge in [0.15, 0.2) is 0 Å². The van der Waals surface area contributed by atoms with Crippen LogP contribution in [0.4, 0.5) is 0 Å². The average Bonchev–Trinajstić information content (AvgIpc) is 2.90. The second-order valence-corrected chi connectivity index (χ2v) is 11.9. The summed E-state index contributed by atoms with van der Waals surface area (Å²) < 4.78 is 55.7. The van der Waals surface area contributed by atoms with Crippen molar-refractivity contribution in [2.45, 2.75) is 75.0 Å². The summed E-state index contributed by atoms with van der Waals surface area (Å²) in [5.41, 5.74) is 2.62. The normalized spacial score (nSPS) is 18.7. The summed E-state index contributed by atoms with van der Waals surface area (Å²) in [5, 5.41) is 4.18. The minimum atomic E-state index is -3.98. The van der Waals surface area contributed by atoms with Gasteiger partial charge < -0.3 is 0 Å². The third-order valence-electron chi connectivity index (χ3n) is 6.19. The lowest BCUT2D eigenvalue weighted by Gasteiger charge is -2.20. The lowest BCUT2D eigenvalue weighted by molar-refractivity contribution is 0.423. The van der Waals surface area contributed by atoms with Gasteiger partial charge in [0.25, 0.3) is 10.0 Å². The fourth-order valence-corrected chi connectivity index (χ4v) is 7.94. The maximum absolute atomic E-state index is 13.4. The van der Waals surface area contributed by atoms with Crippen LogP contribution in [0.5, 0.6) is 0 Å². The van der Waals surface area contributed by atoms with E-state index in [4.69, 9.17) is 0 Å². The van der Waals surface area contributed by atoms with Gasteiger partial charge in [-0.2, -0.15) is 21.9 Å². The lowest BCUT2D eigenvalue weighted by atomic mass is 9.92. The number of sulfonamides is 1. The highest BCUT2D eigenvalue weighted by Crippen LogP contribution is 2.29. The summed E-state index contributed by atoms with van der Waals surface area (Å²) in [6, 6.07) is 5.21. The number of nitrogens with zero attached hydrogens (tertiary/aromatic N) is 3. The van der Waals surface area contributed by atoms with Crippen LogP contribution < -0.4 is 0 Å². The van der Waals surface area contributed by atoms with Crippen LogP contribution in [-0.2, 0) is 32.9 Å². The van der Waals surface area contributed by atoms with Gasteiger partial charge in [0.2, 0.25) is 10.0 Å². The predicted octanol–water partition coefficient (Wildman–Crippen LogP) is 3.18. The van der Waals surface area contributed by atoms with E-state index >= 15 is 0 Å². The number of hydrogen-bond donors (Lipinski definition) is 0. The van der Waals surface area contributed by atoms with Gasteiger partial charge in [0.05, 0.1) is 16.3 Å². The molecule has 1 aliphatic carbocycles. The zero-order chi connectivity index (χ0) is 21.5. The summed E-state index contributed by atoms with van der Waals surface area (Å²) in [6.07, 6.45) is 7.66. The quantitative estimate of drug-likeness (QED) is 0.712. The number of benzene rings is 1. The van der Waals surface area contributed by atoms with Gasteiger partial charge in [-0.3, -0.25) is 0 Å². The topological polar surface area (TPSA) is 89.3 Å². The predicted molar refractivity (Wildman–Crippen MR) is 115 cm³/mol. The molecule has 0 bridgehead atoms. The van der Waals surface area contributed by atoms with Crippen molar-refractivity contribution in [1.29, 1.82) is 0 Å². The Balaban J connectivity index is 1.76. The molecule has 0 atom stereocenters. The molecule has 0 radical (unpaired) electrons. The Morgan fingerprint density at radius 1 is 0.800 bits per heavy atom. The first-order chi connectivity index (χ1) is 14.2.